The maximum atomic E-state index is 11.6. The number of carbonyl (C=O) groups excluding carboxylic acids is 1. The highest BCUT2D eigenvalue weighted by Crippen LogP contribution is 2.30. The summed E-state index contributed by atoms with van der Waals surface area (Å²) in [6.07, 6.45) is 1.62. The predicted octanol–water partition coefficient (Wildman–Crippen LogP) is 4.10. The van der Waals surface area contributed by atoms with Crippen LogP contribution in [0.25, 0.3) is 10.6 Å². The van der Waals surface area contributed by atoms with E-state index in [-0.39, 0.29) is 12.1 Å². The molecule has 1 aromatic heterocycles. The van der Waals surface area contributed by atoms with E-state index in [0.29, 0.717) is 18.0 Å². The van der Waals surface area contributed by atoms with Crippen molar-refractivity contribution in [2.24, 2.45) is 0 Å². The maximum Gasteiger partial charge on any atom is 0.315 e. The van der Waals surface area contributed by atoms with E-state index in [2.05, 4.69) is 15.6 Å². The SMILES string of the molecule is CCC(C)NC(=O)NCCc1csc(-c2ccccc2Cl)n1. The molecule has 0 radical (unpaired) electrons. The molecule has 0 aliphatic carbocycles. The summed E-state index contributed by atoms with van der Waals surface area (Å²) in [6, 6.07) is 7.73. The van der Waals surface area contributed by atoms with Gasteiger partial charge >= 0.3 is 6.03 Å². The summed E-state index contributed by atoms with van der Waals surface area (Å²) in [7, 11) is 0. The monoisotopic (exact) mass is 337 g/mol. The number of urea groups is 1. The first kappa shape index (κ1) is 16.8. The van der Waals surface area contributed by atoms with Crippen molar-refractivity contribution in [3.05, 3.63) is 40.4 Å². The van der Waals surface area contributed by atoms with Crippen molar-refractivity contribution in [3.8, 4) is 10.6 Å². The van der Waals surface area contributed by atoms with Gasteiger partial charge in [-0.05, 0) is 19.4 Å². The van der Waals surface area contributed by atoms with E-state index in [0.717, 1.165) is 22.7 Å². The Morgan fingerprint density at radius 1 is 1.41 bits per heavy atom. The van der Waals surface area contributed by atoms with Crippen LogP contribution in [0, 0.1) is 0 Å². The van der Waals surface area contributed by atoms with Crippen molar-refractivity contribution in [1.82, 2.24) is 15.6 Å². The number of hydrogen-bond acceptors (Lipinski definition) is 3. The number of benzene rings is 1. The van der Waals surface area contributed by atoms with Gasteiger partial charge in [0.15, 0.2) is 0 Å². The van der Waals surface area contributed by atoms with Crippen molar-refractivity contribution in [1.29, 1.82) is 0 Å². The average Bonchev–Trinajstić information content (AvgIpc) is 2.96. The third kappa shape index (κ3) is 4.71. The lowest BCUT2D eigenvalue weighted by atomic mass is 10.2. The van der Waals surface area contributed by atoms with Gasteiger partial charge in [0.1, 0.15) is 5.01 Å². The molecule has 22 heavy (non-hydrogen) atoms. The number of halogens is 1. The number of nitrogens with one attached hydrogen (secondary N) is 2. The van der Waals surface area contributed by atoms with Crippen LogP contribution in [0.1, 0.15) is 26.0 Å². The minimum Gasteiger partial charge on any atom is -0.338 e. The van der Waals surface area contributed by atoms with Gasteiger partial charge in [-0.3, -0.25) is 0 Å². The van der Waals surface area contributed by atoms with Crippen molar-refractivity contribution < 1.29 is 4.79 Å². The summed E-state index contributed by atoms with van der Waals surface area (Å²) in [6.45, 7) is 4.58. The largest absolute Gasteiger partial charge is 0.338 e. The summed E-state index contributed by atoms with van der Waals surface area (Å²) in [5.41, 5.74) is 1.91. The highest BCUT2D eigenvalue weighted by Gasteiger charge is 2.09. The van der Waals surface area contributed by atoms with Gasteiger partial charge in [0.05, 0.1) is 10.7 Å². The zero-order valence-corrected chi connectivity index (χ0v) is 14.3. The molecule has 2 amide bonds. The van der Waals surface area contributed by atoms with Gasteiger partial charge in [0.2, 0.25) is 0 Å². The van der Waals surface area contributed by atoms with Crippen LogP contribution in [0.2, 0.25) is 5.02 Å². The highest BCUT2D eigenvalue weighted by atomic mass is 35.5. The summed E-state index contributed by atoms with van der Waals surface area (Å²) in [4.78, 5) is 16.2. The molecule has 6 heteroatoms. The molecule has 0 saturated carbocycles. The van der Waals surface area contributed by atoms with Crippen LogP contribution in [0.15, 0.2) is 29.6 Å². The first-order valence-electron chi connectivity index (χ1n) is 7.33. The van der Waals surface area contributed by atoms with Crippen molar-refractivity contribution in [3.63, 3.8) is 0 Å². The van der Waals surface area contributed by atoms with Gasteiger partial charge in [-0.2, -0.15) is 0 Å². The van der Waals surface area contributed by atoms with E-state index >= 15 is 0 Å². The molecule has 1 aromatic carbocycles. The Hall–Kier alpha value is -1.59. The molecule has 0 aliphatic rings. The minimum absolute atomic E-state index is 0.129. The number of rotatable bonds is 6. The molecule has 118 valence electrons. The highest BCUT2D eigenvalue weighted by molar-refractivity contribution is 7.13. The number of hydrogen-bond donors (Lipinski definition) is 2. The number of nitrogens with zero attached hydrogens (tertiary/aromatic N) is 1. The van der Waals surface area contributed by atoms with E-state index < -0.39 is 0 Å². The fourth-order valence-electron chi connectivity index (χ4n) is 1.86. The van der Waals surface area contributed by atoms with Crippen LogP contribution in [0.4, 0.5) is 4.79 Å². The number of carbonyl (C=O) groups is 1. The molecular formula is C16H20ClN3OS. The summed E-state index contributed by atoms with van der Waals surface area (Å²) in [5, 5.41) is 9.33. The van der Waals surface area contributed by atoms with Crippen LogP contribution in [0.3, 0.4) is 0 Å². The second-order valence-electron chi connectivity index (χ2n) is 5.08. The van der Waals surface area contributed by atoms with Gasteiger partial charge < -0.3 is 10.6 Å². The van der Waals surface area contributed by atoms with Crippen molar-refractivity contribution in [2.75, 3.05) is 6.54 Å². The Balaban J connectivity index is 1.86. The lowest BCUT2D eigenvalue weighted by Crippen LogP contribution is -2.41. The number of amides is 2. The minimum atomic E-state index is -0.129. The molecule has 0 saturated heterocycles. The topological polar surface area (TPSA) is 54.0 Å². The van der Waals surface area contributed by atoms with Gasteiger partial charge in [0, 0.05) is 30.0 Å². The Morgan fingerprint density at radius 2 is 2.18 bits per heavy atom. The van der Waals surface area contributed by atoms with Gasteiger partial charge in [-0.1, -0.05) is 36.7 Å². The first-order chi connectivity index (χ1) is 10.6. The Kier molecular flexibility index (Phi) is 6.21. The maximum absolute atomic E-state index is 11.6. The van der Waals surface area contributed by atoms with Gasteiger partial charge in [-0.25, -0.2) is 9.78 Å². The molecule has 1 heterocycles. The Bertz CT molecular complexity index is 629. The summed E-state index contributed by atoms with van der Waals surface area (Å²) >= 11 is 7.74. The quantitative estimate of drug-likeness (QED) is 0.833. The van der Waals surface area contributed by atoms with Gasteiger partial charge in [-0.15, -0.1) is 11.3 Å². The fourth-order valence-corrected chi connectivity index (χ4v) is 3.04. The summed E-state index contributed by atoms with van der Waals surface area (Å²) < 4.78 is 0. The van der Waals surface area contributed by atoms with E-state index in [4.69, 9.17) is 11.6 Å². The van der Waals surface area contributed by atoms with Gasteiger partial charge in [0.25, 0.3) is 0 Å². The summed E-state index contributed by atoms with van der Waals surface area (Å²) in [5.74, 6) is 0. The van der Waals surface area contributed by atoms with Crippen molar-refractivity contribution in [2.45, 2.75) is 32.7 Å². The number of thiazole rings is 1. The molecule has 2 aromatic rings. The molecule has 2 N–H and O–H groups in total. The molecule has 0 fully saturated rings. The van der Waals surface area contributed by atoms with Crippen LogP contribution < -0.4 is 10.6 Å². The predicted molar refractivity (Wildman–Crippen MR) is 92.6 cm³/mol. The van der Waals surface area contributed by atoms with E-state index in [1.807, 2.05) is 43.5 Å². The molecule has 1 atom stereocenters. The standard InChI is InChI=1S/C16H20ClN3OS/c1-3-11(2)19-16(21)18-9-8-12-10-22-15(20-12)13-6-4-5-7-14(13)17/h4-7,10-11H,3,8-9H2,1-2H3,(H2,18,19,21). The molecule has 0 spiro atoms. The van der Waals surface area contributed by atoms with E-state index in [9.17, 15) is 4.79 Å². The third-order valence-corrected chi connectivity index (χ3v) is 4.57. The molecule has 0 bridgehead atoms. The van der Waals surface area contributed by atoms with E-state index in [1.54, 1.807) is 11.3 Å². The molecule has 0 aliphatic heterocycles. The first-order valence-corrected chi connectivity index (χ1v) is 8.59. The smallest absolute Gasteiger partial charge is 0.315 e. The third-order valence-electron chi connectivity index (χ3n) is 3.31. The Labute approximate surface area is 139 Å². The lowest BCUT2D eigenvalue weighted by Gasteiger charge is -2.11. The van der Waals surface area contributed by atoms with Crippen LogP contribution in [0.5, 0.6) is 0 Å². The normalized spacial score (nSPS) is 12.0. The lowest BCUT2D eigenvalue weighted by molar-refractivity contribution is 0.237. The number of aromatic nitrogens is 1. The molecule has 4 nitrogen and oxygen atoms in total. The van der Waals surface area contributed by atoms with Crippen molar-refractivity contribution >= 4 is 29.0 Å². The van der Waals surface area contributed by atoms with Crippen LogP contribution >= 0.6 is 22.9 Å². The molecular weight excluding hydrogens is 318 g/mol. The molecule has 1 unspecified atom stereocenters. The average molecular weight is 338 g/mol. The Morgan fingerprint density at radius 3 is 2.91 bits per heavy atom. The fraction of sp³-hybridized carbons (Fsp3) is 0.375. The van der Waals surface area contributed by atoms with Crippen LogP contribution in [-0.2, 0) is 6.42 Å². The second kappa shape index (κ2) is 8.15. The zero-order valence-electron chi connectivity index (χ0n) is 12.7. The second-order valence-corrected chi connectivity index (χ2v) is 6.35. The van der Waals surface area contributed by atoms with Crippen LogP contribution in [-0.4, -0.2) is 23.6 Å². The molecule has 2 rings (SSSR count). The zero-order chi connectivity index (χ0) is 15.9. The van der Waals surface area contributed by atoms with E-state index in [1.165, 1.54) is 0 Å².